The minimum absolute atomic E-state index is 0.0116. The molecule has 0 atom stereocenters. The molecule has 0 spiro atoms. The molecule has 0 aliphatic carbocycles. The van der Waals surface area contributed by atoms with Gasteiger partial charge in [-0.05, 0) is 42.2 Å². The van der Waals surface area contributed by atoms with Crippen LogP contribution in [-0.4, -0.2) is 50.2 Å². The molecule has 2 aliphatic rings. The van der Waals surface area contributed by atoms with Crippen LogP contribution in [-0.2, 0) is 14.3 Å². The SMILES string of the molecule is COC(=O)c1cc(C)cc(C2=CCCN(C(=O)C3COC3)C2)c1. The molecule has 2 heterocycles. The summed E-state index contributed by atoms with van der Waals surface area (Å²) in [6, 6.07) is 5.69. The van der Waals surface area contributed by atoms with Crippen LogP contribution in [0.3, 0.4) is 0 Å². The lowest BCUT2D eigenvalue weighted by Gasteiger charge is -2.34. The standard InChI is InChI=1S/C18H21NO4/c1-12-6-14(8-15(7-12)18(21)22-2)13-4-3-5-19(9-13)17(20)16-10-23-11-16/h4,6-8,16H,3,5,9-11H2,1-2H3. The van der Waals surface area contributed by atoms with Gasteiger partial charge >= 0.3 is 5.97 Å². The lowest BCUT2D eigenvalue weighted by atomic mass is 9.96. The van der Waals surface area contributed by atoms with E-state index >= 15 is 0 Å². The highest BCUT2D eigenvalue weighted by molar-refractivity contribution is 5.91. The Balaban J connectivity index is 1.80. The van der Waals surface area contributed by atoms with E-state index in [1.165, 1.54) is 7.11 Å². The lowest BCUT2D eigenvalue weighted by Crippen LogP contribution is -2.46. The van der Waals surface area contributed by atoms with Crippen molar-refractivity contribution in [1.82, 2.24) is 4.90 Å². The largest absolute Gasteiger partial charge is 0.465 e. The van der Waals surface area contributed by atoms with Crippen LogP contribution in [0.2, 0.25) is 0 Å². The number of aryl methyl sites for hydroxylation is 1. The van der Waals surface area contributed by atoms with Crippen molar-refractivity contribution in [2.24, 2.45) is 5.92 Å². The second-order valence-corrected chi connectivity index (χ2v) is 6.09. The Morgan fingerprint density at radius 1 is 1.26 bits per heavy atom. The van der Waals surface area contributed by atoms with Crippen molar-refractivity contribution in [2.75, 3.05) is 33.4 Å². The van der Waals surface area contributed by atoms with Crippen molar-refractivity contribution in [2.45, 2.75) is 13.3 Å². The van der Waals surface area contributed by atoms with E-state index in [0.29, 0.717) is 25.3 Å². The van der Waals surface area contributed by atoms with Gasteiger partial charge in [0.25, 0.3) is 0 Å². The number of hydrogen-bond acceptors (Lipinski definition) is 4. The molecule has 1 fully saturated rings. The van der Waals surface area contributed by atoms with E-state index in [4.69, 9.17) is 9.47 Å². The maximum Gasteiger partial charge on any atom is 0.337 e. The smallest absolute Gasteiger partial charge is 0.337 e. The second kappa shape index (κ2) is 6.54. The fraction of sp³-hybridized carbons (Fsp3) is 0.444. The number of carbonyl (C=O) groups excluding carboxylic acids is 2. The Labute approximate surface area is 135 Å². The predicted octanol–water partition coefficient (Wildman–Crippen LogP) is 2.04. The van der Waals surface area contributed by atoms with Crippen molar-refractivity contribution in [3.05, 3.63) is 41.0 Å². The number of ether oxygens (including phenoxy) is 2. The number of rotatable bonds is 3. The molecular weight excluding hydrogens is 294 g/mol. The third-order valence-corrected chi connectivity index (χ3v) is 4.32. The zero-order valence-electron chi connectivity index (χ0n) is 13.5. The molecule has 122 valence electrons. The van der Waals surface area contributed by atoms with Crippen LogP contribution < -0.4 is 0 Å². The van der Waals surface area contributed by atoms with Crippen LogP contribution in [0.1, 0.15) is 27.9 Å². The van der Waals surface area contributed by atoms with E-state index in [1.54, 1.807) is 0 Å². The first-order chi connectivity index (χ1) is 11.1. The summed E-state index contributed by atoms with van der Waals surface area (Å²) >= 11 is 0. The minimum Gasteiger partial charge on any atom is -0.465 e. The van der Waals surface area contributed by atoms with Crippen LogP contribution in [0, 0.1) is 12.8 Å². The molecule has 0 aromatic heterocycles. The van der Waals surface area contributed by atoms with Gasteiger partial charge in [-0.3, -0.25) is 4.79 Å². The fourth-order valence-corrected chi connectivity index (χ4v) is 2.98. The molecule has 23 heavy (non-hydrogen) atoms. The third-order valence-electron chi connectivity index (χ3n) is 4.32. The zero-order chi connectivity index (χ0) is 16.4. The van der Waals surface area contributed by atoms with E-state index in [0.717, 1.165) is 29.7 Å². The highest BCUT2D eigenvalue weighted by Crippen LogP contribution is 2.25. The van der Waals surface area contributed by atoms with E-state index in [2.05, 4.69) is 6.08 Å². The molecule has 0 N–H and O–H groups in total. The molecule has 1 saturated heterocycles. The first-order valence-corrected chi connectivity index (χ1v) is 7.84. The highest BCUT2D eigenvalue weighted by Gasteiger charge is 2.31. The predicted molar refractivity (Wildman–Crippen MR) is 86.0 cm³/mol. The molecule has 5 heteroatoms. The molecule has 0 radical (unpaired) electrons. The van der Waals surface area contributed by atoms with Gasteiger partial charge in [0.15, 0.2) is 0 Å². The molecular formula is C18H21NO4. The molecule has 0 bridgehead atoms. The summed E-state index contributed by atoms with van der Waals surface area (Å²) < 4.78 is 9.92. The van der Waals surface area contributed by atoms with Crippen molar-refractivity contribution in [3.8, 4) is 0 Å². The van der Waals surface area contributed by atoms with Crippen LogP contribution >= 0.6 is 0 Å². The quantitative estimate of drug-likeness (QED) is 0.801. The van der Waals surface area contributed by atoms with E-state index in [9.17, 15) is 9.59 Å². The fourth-order valence-electron chi connectivity index (χ4n) is 2.98. The van der Waals surface area contributed by atoms with E-state index in [1.807, 2.05) is 30.0 Å². The maximum atomic E-state index is 12.4. The third kappa shape index (κ3) is 3.29. The van der Waals surface area contributed by atoms with Gasteiger partial charge < -0.3 is 14.4 Å². The molecule has 0 unspecified atom stereocenters. The number of esters is 1. The summed E-state index contributed by atoms with van der Waals surface area (Å²) in [5, 5.41) is 0. The second-order valence-electron chi connectivity index (χ2n) is 6.09. The van der Waals surface area contributed by atoms with Gasteiger partial charge in [0, 0.05) is 13.1 Å². The van der Waals surface area contributed by atoms with Gasteiger partial charge in [-0.1, -0.05) is 12.1 Å². The van der Waals surface area contributed by atoms with Gasteiger partial charge in [0.05, 0.1) is 31.8 Å². The summed E-state index contributed by atoms with van der Waals surface area (Å²) in [5.41, 5.74) is 3.60. The number of benzene rings is 1. The number of amides is 1. The molecule has 3 rings (SSSR count). The average Bonchev–Trinajstić information content (AvgIpc) is 2.52. The van der Waals surface area contributed by atoms with Crippen molar-refractivity contribution in [1.29, 1.82) is 0 Å². The van der Waals surface area contributed by atoms with Gasteiger partial charge in [-0.25, -0.2) is 4.79 Å². The average molecular weight is 315 g/mol. The Morgan fingerprint density at radius 3 is 2.70 bits per heavy atom. The van der Waals surface area contributed by atoms with E-state index < -0.39 is 0 Å². The van der Waals surface area contributed by atoms with Crippen molar-refractivity contribution >= 4 is 17.4 Å². The first-order valence-electron chi connectivity index (χ1n) is 7.84. The molecule has 1 amide bonds. The van der Waals surface area contributed by atoms with Gasteiger partial charge in [-0.2, -0.15) is 0 Å². The number of nitrogens with zero attached hydrogens (tertiary/aromatic N) is 1. The number of methoxy groups -OCH3 is 1. The van der Waals surface area contributed by atoms with Crippen molar-refractivity contribution in [3.63, 3.8) is 0 Å². The van der Waals surface area contributed by atoms with Crippen LogP contribution in [0.15, 0.2) is 24.3 Å². The molecule has 0 saturated carbocycles. The molecule has 5 nitrogen and oxygen atoms in total. The van der Waals surface area contributed by atoms with Gasteiger partial charge in [-0.15, -0.1) is 0 Å². The number of carbonyl (C=O) groups is 2. The van der Waals surface area contributed by atoms with Crippen LogP contribution in [0.5, 0.6) is 0 Å². The Hall–Kier alpha value is -2.14. The first kappa shape index (κ1) is 15.7. The minimum atomic E-state index is -0.342. The molecule has 1 aromatic carbocycles. The van der Waals surface area contributed by atoms with Crippen molar-refractivity contribution < 1.29 is 19.1 Å². The maximum absolute atomic E-state index is 12.4. The zero-order valence-corrected chi connectivity index (χ0v) is 13.5. The molecule has 2 aliphatic heterocycles. The monoisotopic (exact) mass is 315 g/mol. The Kier molecular flexibility index (Phi) is 4.48. The highest BCUT2D eigenvalue weighted by atomic mass is 16.5. The van der Waals surface area contributed by atoms with Gasteiger partial charge in [0.1, 0.15) is 0 Å². The van der Waals surface area contributed by atoms with Gasteiger partial charge in [0.2, 0.25) is 5.91 Å². The summed E-state index contributed by atoms with van der Waals surface area (Å²) in [4.78, 5) is 26.1. The number of hydrogen-bond donors (Lipinski definition) is 0. The Morgan fingerprint density at radius 2 is 2.04 bits per heavy atom. The lowest BCUT2D eigenvalue weighted by molar-refractivity contribution is -0.149. The normalized spacial score (nSPS) is 18.2. The summed E-state index contributed by atoms with van der Waals surface area (Å²) in [5.74, 6) is -0.161. The summed E-state index contributed by atoms with van der Waals surface area (Å²) in [6.07, 6.45) is 2.98. The van der Waals surface area contributed by atoms with Crippen LogP contribution in [0.25, 0.3) is 5.57 Å². The molecule has 1 aromatic rings. The van der Waals surface area contributed by atoms with Crippen LogP contribution in [0.4, 0.5) is 0 Å². The Bertz CT molecular complexity index is 661. The summed E-state index contributed by atoms with van der Waals surface area (Å²) in [6.45, 7) is 4.35. The topological polar surface area (TPSA) is 55.8 Å². The van der Waals surface area contributed by atoms with E-state index in [-0.39, 0.29) is 17.8 Å². The summed E-state index contributed by atoms with van der Waals surface area (Å²) in [7, 11) is 1.38.